The summed E-state index contributed by atoms with van der Waals surface area (Å²) in [5, 5.41) is 8.77. The fraction of sp³-hybridized carbons (Fsp3) is 0.182. The number of aliphatic hydroxyl groups excluding tert-OH is 1. The van der Waals surface area contributed by atoms with E-state index in [1.54, 1.807) is 6.92 Å². The van der Waals surface area contributed by atoms with Gasteiger partial charge in [-0.15, -0.1) is 0 Å². The molecule has 0 atom stereocenters. The van der Waals surface area contributed by atoms with Gasteiger partial charge in [0.05, 0.1) is 6.61 Å². The van der Waals surface area contributed by atoms with E-state index in [-0.39, 0.29) is 18.5 Å². The van der Waals surface area contributed by atoms with Gasteiger partial charge in [-0.3, -0.25) is 0 Å². The lowest BCUT2D eigenvalue weighted by Crippen LogP contribution is -1.88. The van der Waals surface area contributed by atoms with E-state index in [1.807, 2.05) is 0 Å². The van der Waals surface area contributed by atoms with Crippen LogP contribution >= 0.6 is 0 Å². The number of oxazole rings is 1. The first-order valence-corrected chi connectivity index (χ1v) is 4.68. The molecule has 0 saturated carbocycles. The van der Waals surface area contributed by atoms with E-state index >= 15 is 0 Å². The maximum atomic E-state index is 13.0. The molecule has 0 aliphatic carbocycles. The van der Waals surface area contributed by atoms with Crippen LogP contribution in [-0.2, 0) is 6.61 Å². The molecule has 0 amide bonds. The molecule has 0 saturated heterocycles. The second-order valence-electron chi connectivity index (χ2n) is 3.28. The Balaban J connectivity index is 2.17. The van der Waals surface area contributed by atoms with Crippen molar-refractivity contribution in [1.29, 1.82) is 0 Å². The molecule has 0 spiro atoms. The number of hydrogen-bond donors (Lipinski definition) is 1. The van der Waals surface area contributed by atoms with E-state index in [1.165, 1.54) is 24.5 Å². The van der Waals surface area contributed by atoms with E-state index in [2.05, 4.69) is 4.98 Å². The molecule has 0 aliphatic rings. The minimum Gasteiger partial charge on any atom is -0.417 e. The Kier molecular flexibility index (Phi) is 2.87. The summed E-state index contributed by atoms with van der Waals surface area (Å²) in [5.41, 5.74) is 0.861. The Morgan fingerprint density at radius 2 is 2.31 bits per heavy atom. The van der Waals surface area contributed by atoms with Crippen LogP contribution in [0.25, 0.3) is 0 Å². The molecule has 0 unspecified atom stereocenters. The third-order valence-electron chi connectivity index (χ3n) is 2.03. The molecule has 5 heteroatoms. The second-order valence-corrected chi connectivity index (χ2v) is 3.28. The van der Waals surface area contributed by atoms with Crippen LogP contribution in [0.2, 0.25) is 0 Å². The molecule has 1 aromatic heterocycles. The average Bonchev–Trinajstić information content (AvgIpc) is 2.71. The van der Waals surface area contributed by atoms with E-state index in [0.29, 0.717) is 17.0 Å². The van der Waals surface area contributed by atoms with Crippen molar-refractivity contribution in [3.8, 4) is 11.8 Å². The monoisotopic (exact) mass is 223 g/mol. The lowest BCUT2D eigenvalue weighted by Gasteiger charge is -2.02. The maximum Gasteiger partial charge on any atom is 0.399 e. The summed E-state index contributed by atoms with van der Waals surface area (Å²) in [6, 6.07) is 4.32. The predicted molar refractivity (Wildman–Crippen MR) is 53.6 cm³/mol. The highest BCUT2D eigenvalue weighted by Crippen LogP contribution is 2.22. The topological polar surface area (TPSA) is 55.5 Å². The number of aryl methyl sites for hydroxylation is 1. The number of benzene rings is 1. The molecule has 0 fully saturated rings. The summed E-state index contributed by atoms with van der Waals surface area (Å²) in [5.74, 6) is 0.140. The van der Waals surface area contributed by atoms with Gasteiger partial charge in [0.2, 0.25) is 0 Å². The number of hydrogen-bond acceptors (Lipinski definition) is 4. The number of aliphatic hydroxyl groups is 1. The SMILES string of the molecule is Cc1cc(Oc2nc(CO)co2)ccc1F. The quantitative estimate of drug-likeness (QED) is 0.868. The molecule has 1 N–H and O–H groups in total. The number of ether oxygens (including phenoxy) is 1. The molecule has 4 nitrogen and oxygen atoms in total. The predicted octanol–water partition coefficient (Wildman–Crippen LogP) is 2.41. The molecule has 2 rings (SSSR count). The second kappa shape index (κ2) is 4.32. The van der Waals surface area contributed by atoms with Gasteiger partial charge in [0.15, 0.2) is 0 Å². The highest BCUT2D eigenvalue weighted by Gasteiger charge is 2.06. The van der Waals surface area contributed by atoms with Gasteiger partial charge >= 0.3 is 6.08 Å². The Morgan fingerprint density at radius 3 is 2.94 bits per heavy atom. The first-order valence-electron chi connectivity index (χ1n) is 4.68. The van der Waals surface area contributed by atoms with Crippen molar-refractivity contribution in [2.75, 3.05) is 0 Å². The first kappa shape index (κ1) is 10.6. The fourth-order valence-corrected chi connectivity index (χ4v) is 1.19. The number of halogens is 1. The molecule has 0 bridgehead atoms. The van der Waals surface area contributed by atoms with Crippen molar-refractivity contribution in [3.63, 3.8) is 0 Å². The standard InChI is InChI=1S/C11H10FNO3/c1-7-4-9(2-3-10(7)12)16-11-13-8(5-14)6-15-11/h2-4,6,14H,5H2,1H3. The molecule has 1 heterocycles. The van der Waals surface area contributed by atoms with Crippen molar-refractivity contribution in [3.05, 3.63) is 41.5 Å². The van der Waals surface area contributed by atoms with Gasteiger partial charge in [-0.25, -0.2) is 4.39 Å². The summed E-state index contributed by atoms with van der Waals surface area (Å²) in [7, 11) is 0. The zero-order valence-electron chi connectivity index (χ0n) is 8.61. The molecule has 0 radical (unpaired) electrons. The molecule has 2 aromatic rings. The minimum absolute atomic E-state index is 0.0232. The van der Waals surface area contributed by atoms with E-state index < -0.39 is 0 Å². The van der Waals surface area contributed by atoms with Crippen LogP contribution in [0.1, 0.15) is 11.3 Å². The zero-order chi connectivity index (χ0) is 11.5. The highest BCUT2D eigenvalue weighted by molar-refractivity contribution is 5.30. The molecule has 1 aromatic carbocycles. The van der Waals surface area contributed by atoms with Gasteiger partial charge in [0.1, 0.15) is 23.5 Å². The smallest absolute Gasteiger partial charge is 0.399 e. The van der Waals surface area contributed by atoms with E-state index in [4.69, 9.17) is 14.3 Å². The largest absolute Gasteiger partial charge is 0.417 e. The average molecular weight is 223 g/mol. The summed E-state index contributed by atoms with van der Waals surface area (Å²) >= 11 is 0. The Labute approximate surface area is 91.3 Å². The Morgan fingerprint density at radius 1 is 1.50 bits per heavy atom. The van der Waals surface area contributed by atoms with Crippen LogP contribution in [0.15, 0.2) is 28.9 Å². The van der Waals surface area contributed by atoms with Crippen LogP contribution in [0.4, 0.5) is 4.39 Å². The minimum atomic E-state index is -0.296. The van der Waals surface area contributed by atoms with Gasteiger partial charge < -0.3 is 14.3 Å². The van der Waals surface area contributed by atoms with Gasteiger partial charge in [0, 0.05) is 0 Å². The van der Waals surface area contributed by atoms with Crippen molar-refractivity contribution in [2.45, 2.75) is 13.5 Å². The van der Waals surface area contributed by atoms with Crippen molar-refractivity contribution in [2.24, 2.45) is 0 Å². The van der Waals surface area contributed by atoms with Crippen LogP contribution in [0.5, 0.6) is 11.8 Å². The van der Waals surface area contributed by atoms with Gasteiger partial charge in [-0.1, -0.05) is 0 Å². The highest BCUT2D eigenvalue weighted by atomic mass is 19.1. The van der Waals surface area contributed by atoms with Gasteiger partial charge in [-0.05, 0) is 30.7 Å². The van der Waals surface area contributed by atoms with Crippen molar-refractivity contribution >= 4 is 0 Å². The van der Waals surface area contributed by atoms with Crippen molar-refractivity contribution < 1.29 is 18.7 Å². The lowest BCUT2D eigenvalue weighted by molar-refractivity contribution is 0.276. The number of nitrogens with zero attached hydrogens (tertiary/aromatic N) is 1. The summed E-state index contributed by atoms with van der Waals surface area (Å²) in [6.07, 6.45) is 1.32. The van der Waals surface area contributed by atoms with E-state index in [9.17, 15) is 4.39 Å². The van der Waals surface area contributed by atoms with Crippen molar-refractivity contribution in [1.82, 2.24) is 4.98 Å². The zero-order valence-corrected chi connectivity index (χ0v) is 8.61. The third-order valence-corrected chi connectivity index (χ3v) is 2.03. The van der Waals surface area contributed by atoms with Crippen LogP contribution < -0.4 is 4.74 Å². The van der Waals surface area contributed by atoms with Crippen LogP contribution in [-0.4, -0.2) is 10.1 Å². The molecule has 0 aliphatic heterocycles. The third kappa shape index (κ3) is 2.20. The molecular formula is C11H10FNO3. The van der Waals surface area contributed by atoms with E-state index in [0.717, 1.165) is 0 Å². The summed E-state index contributed by atoms with van der Waals surface area (Å²) in [6.45, 7) is 1.42. The van der Waals surface area contributed by atoms with Crippen LogP contribution in [0, 0.1) is 12.7 Å². The molecule has 16 heavy (non-hydrogen) atoms. The summed E-state index contributed by atoms with van der Waals surface area (Å²) < 4.78 is 23.2. The van der Waals surface area contributed by atoms with Crippen LogP contribution in [0.3, 0.4) is 0 Å². The summed E-state index contributed by atoms with van der Waals surface area (Å²) in [4.78, 5) is 3.84. The Bertz CT molecular complexity index is 496. The Hall–Kier alpha value is -1.88. The van der Waals surface area contributed by atoms with Gasteiger partial charge in [0.25, 0.3) is 0 Å². The molecule has 84 valence electrons. The maximum absolute atomic E-state index is 13.0. The van der Waals surface area contributed by atoms with Gasteiger partial charge in [-0.2, -0.15) is 4.98 Å². The molecular weight excluding hydrogens is 213 g/mol. The number of aromatic nitrogens is 1. The lowest BCUT2D eigenvalue weighted by atomic mass is 10.2. The first-order chi connectivity index (χ1) is 7.69. The fourth-order valence-electron chi connectivity index (χ4n) is 1.19. The number of rotatable bonds is 3. The normalized spacial score (nSPS) is 10.4.